The monoisotopic (exact) mass is 352 g/mol. The molecule has 6 nitrogen and oxygen atoms in total. The van der Waals surface area contributed by atoms with E-state index >= 15 is 0 Å². The number of hydrogen-bond donors (Lipinski definition) is 4. The van der Waals surface area contributed by atoms with Gasteiger partial charge in [0.2, 0.25) is 0 Å². The summed E-state index contributed by atoms with van der Waals surface area (Å²) in [5.74, 6) is 0.323. The summed E-state index contributed by atoms with van der Waals surface area (Å²) in [5, 5.41) is 22.0. The third kappa shape index (κ3) is 4.19. The zero-order valence-corrected chi connectivity index (χ0v) is 16.2. The number of hydrogen-bond acceptors (Lipinski definition) is 6. The van der Waals surface area contributed by atoms with Crippen molar-refractivity contribution in [3.63, 3.8) is 0 Å². The summed E-state index contributed by atoms with van der Waals surface area (Å²) in [5.41, 5.74) is 1.36. The molecule has 3 rings (SSSR count). The van der Waals surface area contributed by atoms with Crippen molar-refractivity contribution in [2.45, 2.75) is 89.6 Å². The molecule has 2 fully saturated rings. The second kappa shape index (κ2) is 8.35. The van der Waals surface area contributed by atoms with Gasteiger partial charge in [0.25, 0.3) is 0 Å². The molecular formula is C19H36N4O2. The topological polar surface area (TPSA) is 68.8 Å². The zero-order chi connectivity index (χ0) is 18.0. The number of aliphatic hydroxyl groups is 1. The molecule has 0 aromatic rings. The van der Waals surface area contributed by atoms with Crippen LogP contribution in [0.5, 0.6) is 0 Å². The smallest absolute Gasteiger partial charge is 0.123 e. The van der Waals surface area contributed by atoms with Crippen molar-refractivity contribution < 1.29 is 9.84 Å². The van der Waals surface area contributed by atoms with E-state index in [-0.39, 0.29) is 18.4 Å². The minimum atomic E-state index is -0.509. The van der Waals surface area contributed by atoms with E-state index in [1.54, 1.807) is 7.11 Å². The van der Waals surface area contributed by atoms with Gasteiger partial charge in [-0.2, -0.15) is 0 Å². The maximum atomic E-state index is 11.2. The van der Waals surface area contributed by atoms with Gasteiger partial charge in [0.15, 0.2) is 0 Å². The molecule has 2 aliphatic heterocycles. The van der Waals surface area contributed by atoms with Crippen molar-refractivity contribution in [3.05, 3.63) is 11.8 Å². The Kier molecular flexibility index (Phi) is 6.39. The van der Waals surface area contributed by atoms with Gasteiger partial charge in [-0.25, -0.2) is 0 Å². The van der Waals surface area contributed by atoms with Crippen molar-refractivity contribution in [2.75, 3.05) is 13.7 Å². The van der Waals surface area contributed by atoms with Crippen LogP contribution in [0.2, 0.25) is 0 Å². The highest BCUT2D eigenvalue weighted by Crippen LogP contribution is 2.29. The third-order valence-electron chi connectivity index (χ3n) is 6.03. The van der Waals surface area contributed by atoms with Gasteiger partial charge >= 0.3 is 0 Å². The van der Waals surface area contributed by atoms with Gasteiger partial charge in [-0.05, 0) is 44.9 Å². The van der Waals surface area contributed by atoms with Gasteiger partial charge < -0.3 is 15.2 Å². The molecule has 0 amide bonds. The van der Waals surface area contributed by atoms with E-state index in [0.717, 1.165) is 19.4 Å². The minimum Gasteiger partial charge on any atom is -0.377 e. The maximum Gasteiger partial charge on any atom is 0.123 e. The van der Waals surface area contributed by atoms with Crippen LogP contribution in [-0.2, 0) is 4.74 Å². The highest BCUT2D eigenvalue weighted by atomic mass is 16.5. The molecule has 4 N–H and O–H groups in total. The molecule has 3 aliphatic rings. The first-order valence-electron chi connectivity index (χ1n) is 9.96. The molecule has 144 valence electrons. The van der Waals surface area contributed by atoms with Crippen molar-refractivity contribution in [1.29, 1.82) is 0 Å². The summed E-state index contributed by atoms with van der Waals surface area (Å²) in [4.78, 5) is 2.28. The number of nitrogens with zero attached hydrogens (tertiary/aromatic N) is 1. The van der Waals surface area contributed by atoms with E-state index in [0.29, 0.717) is 18.0 Å². The van der Waals surface area contributed by atoms with Crippen LogP contribution in [0.25, 0.3) is 0 Å². The largest absolute Gasteiger partial charge is 0.377 e. The Labute approximate surface area is 152 Å². The number of fused-ring (bicyclic) bond motifs is 1. The fourth-order valence-corrected chi connectivity index (χ4v) is 4.52. The average molecular weight is 353 g/mol. The lowest BCUT2D eigenvalue weighted by Crippen LogP contribution is -2.60. The highest BCUT2D eigenvalue weighted by molar-refractivity contribution is 5.19. The summed E-state index contributed by atoms with van der Waals surface area (Å²) in [6, 6.07) is 0.784. The Morgan fingerprint density at radius 2 is 2.08 bits per heavy atom. The first kappa shape index (κ1) is 19.1. The lowest BCUT2D eigenvalue weighted by atomic mass is 10.0. The van der Waals surface area contributed by atoms with Gasteiger partial charge in [-0.3, -0.25) is 15.5 Å². The fourth-order valence-electron chi connectivity index (χ4n) is 4.52. The van der Waals surface area contributed by atoms with E-state index in [2.05, 4.69) is 40.8 Å². The predicted octanol–water partition coefficient (Wildman–Crippen LogP) is 1.33. The molecule has 25 heavy (non-hydrogen) atoms. The second-order valence-electron chi connectivity index (χ2n) is 8.11. The Morgan fingerprint density at radius 1 is 1.28 bits per heavy atom. The number of allylic oxidation sites excluding steroid dienone is 1. The molecule has 2 heterocycles. The highest BCUT2D eigenvalue weighted by Gasteiger charge is 2.42. The molecular weight excluding hydrogens is 316 g/mol. The molecule has 0 aromatic heterocycles. The van der Waals surface area contributed by atoms with Gasteiger partial charge in [0.1, 0.15) is 12.5 Å². The summed E-state index contributed by atoms with van der Waals surface area (Å²) in [6.07, 6.45) is 7.91. The number of ether oxygens (including phenoxy) is 1. The molecule has 0 spiro atoms. The lowest BCUT2D eigenvalue weighted by molar-refractivity contribution is -0.0655. The summed E-state index contributed by atoms with van der Waals surface area (Å²) in [6.45, 7) is 7.24. The third-order valence-corrected chi connectivity index (χ3v) is 6.03. The SMILES string of the molecule is CO[C@@H](C)N[C@@H](C(C)C)C(O)N1CCC[C@H]1C1NC2=CCCCC2N1. The lowest BCUT2D eigenvalue weighted by Gasteiger charge is -2.39. The van der Waals surface area contributed by atoms with Crippen LogP contribution >= 0.6 is 0 Å². The van der Waals surface area contributed by atoms with E-state index < -0.39 is 6.23 Å². The van der Waals surface area contributed by atoms with Crippen LogP contribution in [0.1, 0.15) is 52.9 Å². The van der Waals surface area contributed by atoms with Crippen LogP contribution in [0, 0.1) is 5.92 Å². The number of rotatable bonds is 7. The summed E-state index contributed by atoms with van der Waals surface area (Å²) in [7, 11) is 1.70. The molecule has 1 aliphatic carbocycles. The molecule has 6 atom stereocenters. The van der Waals surface area contributed by atoms with E-state index in [1.807, 2.05) is 6.92 Å². The molecule has 0 bridgehead atoms. The Hall–Kier alpha value is -0.660. The summed E-state index contributed by atoms with van der Waals surface area (Å²) < 4.78 is 5.36. The Bertz CT molecular complexity index is 470. The first-order chi connectivity index (χ1) is 12.0. The molecule has 0 saturated carbocycles. The fraction of sp³-hybridized carbons (Fsp3) is 0.895. The van der Waals surface area contributed by atoms with Crippen LogP contribution in [-0.4, -0.2) is 60.4 Å². The predicted molar refractivity (Wildman–Crippen MR) is 99.7 cm³/mol. The quantitative estimate of drug-likeness (QED) is 0.519. The summed E-state index contributed by atoms with van der Waals surface area (Å²) >= 11 is 0. The molecule has 0 aromatic carbocycles. The molecule has 2 saturated heterocycles. The standard InChI is InChI=1S/C19H36N4O2/c1-12(2)17(20-13(3)25-4)19(24)23-11-7-10-16(23)18-21-14-8-5-6-9-15(14)22-18/h8,12-13,15-22,24H,5-7,9-11H2,1-4H3/t13-,15?,16-,17-,18?,19?/m0/s1. The molecule has 3 unspecified atom stereocenters. The van der Waals surface area contributed by atoms with Gasteiger partial charge in [-0.1, -0.05) is 19.9 Å². The van der Waals surface area contributed by atoms with Crippen molar-refractivity contribution in [2.24, 2.45) is 5.92 Å². The Morgan fingerprint density at radius 3 is 2.76 bits per heavy atom. The number of aliphatic hydroxyl groups excluding tert-OH is 1. The normalized spacial score (nSPS) is 33.7. The van der Waals surface area contributed by atoms with Crippen molar-refractivity contribution >= 4 is 0 Å². The molecule has 0 radical (unpaired) electrons. The number of methoxy groups -OCH3 is 1. The van der Waals surface area contributed by atoms with Gasteiger partial charge in [0.05, 0.1) is 12.2 Å². The van der Waals surface area contributed by atoms with Crippen molar-refractivity contribution in [1.82, 2.24) is 20.9 Å². The van der Waals surface area contributed by atoms with E-state index in [9.17, 15) is 5.11 Å². The van der Waals surface area contributed by atoms with Crippen LogP contribution in [0.3, 0.4) is 0 Å². The van der Waals surface area contributed by atoms with Crippen LogP contribution in [0.4, 0.5) is 0 Å². The van der Waals surface area contributed by atoms with E-state index in [4.69, 9.17) is 4.74 Å². The first-order valence-corrected chi connectivity index (χ1v) is 9.96. The molecule has 6 heteroatoms. The number of likely N-dealkylation sites (tertiary alicyclic amines) is 1. The van der Waals surface area contributed by atoms with Gasteiger partial charge in [0, 0.05) is 31.4 Å². The van der Waals surface area contributed by atoms with Crippen LogP contribution < -0.4 is 16.0 Å². The Balaban J connectivity index is 1.67. The minimum absolute atomic E-state index is 0.0153. The maximum absolute atomic E-state index is 11.2. The van der Waals surface area contributed by atoms with Crippen molar-refractivity contribution in [3.8, 4) is 0 Å². The number of nitrogens with one attached hydrogen (secondary N) is 3. The zero-order valence-electron chi connectivity index (χ0n) is 16.2. The average Bonchev–Trinajstić information content (AvgIpc) is 3.24. The second-order valence-corrected chi connectivity index (χ2v) is 8.11. The van der Waals surface area contributed by atoms with E-state index in [1.165, 1.54) is 25.0 Å². The van der Waals surface area contributed by atoms with Crippen LogP contribution in [0.15, 0.2) is 11.8 Å². The van der Waals surface area contributed by atoms with Gasteiger partial charge in [-0.15, -0.1) is 0 Å².